The van der Waals surface area contributed by atoms with Crippen LogP contribution in [-0.2, 0) is 9.59 Å². The van der Waals surface area contributed by atoms with E-state index in [1.807, 2.05) is 49.4 Å². The molecule has 2 aromatic rings. The van der Waals surface area contributed by atoms with Gasteiger partial charge in [0.1, 0.15) is 0 Å². The van der Waals surface area contributed by atoms with Crippen LogP contribution < -0.4 is 5.32 Å². The maximum Gasteiger partial charge on any atom is 0.305 e. The van der Waals surface area contributed by atoms with Crippen molar-refractivity contribution in [2.24, 2.45) is 5.92 Å². The van der Waals surface area contributed by atoms with Gasteiger partial charge in [0.25, 0.3) is 0 Å². The molecule has 25 heavy (non-hydrogen) atoms. The summed E-state index contributed by atoms with van der Waals surface area (Å²) in [6.07, 6.45) is 1.36. The second-order valence-corrected chi connectivity index (χ2v) is 6.79. The molecule has 0 saturated heterocycles. The lowest BCUT2D eigenvalue weighted by Gasteiger charge is -2.19. The molecule has 3 atom stereocenters. The fraction of sp³-hybridized carbons (Fsp3) is 0.333. The van der Waals surface area contributed by atoms with Crippen LogP contribution in [0.5, 0.6) is 0 Å². The van der Waals surface area contributed by atoms with E-state index in [0.717, 1.165) is 17.5 Å². The Labute approximate surface area is 147 Å². The van der Waals surface area contributed by atoms with Crippen molar-refractivity contribution in [1.29, 1.82) is 0 Å². The second-order valence-electron chi connectivity index (χ2n) is 6.79. The van der Waals surface area contributed by atoms with Crippen molar-refractivity contribution in [3.8, 4) is 0 Å². The van der Waals surface area contributed by atoms with Gasteiger partial charge in [-0.3, -0.25) is 9.59 Å². The maximum absolute atomic E-state index is 12.4. The first-order valence-electron chi connectivity index (χ1n) is 8.66. The zero-order valence-corrected chi connectivity index (χ0v) is 14.3. The molecule has 0 aliphatic heterocycles. The molecule has 1 unspecified atom stereocenters. The summed E-state index contributed by atoms with van der Waals surface area (Å²) in [7, 11) is 0. The molecule has 4 heteroatoms. The Balaban J connectivity index is 1.62. The van der Waals surface area contributed by atoms with Crippen molar-refractivity contribution >= 4 is 11.9 Å². The molecule has 3 rings (SSSR count). The lowest BCUT2D eigenvalue weighted by Crippen LogP contribution is -2.30. The molecule has 2 aromatic carbocycles. The van der Waals surface area contributed by atoms with Gasteiger partial charge in [-0.25, -0.2) is 0 Å². The van der Waals surface area contributed by atoms with Gasteiger partial charge in [0, 0.05) is 6.42 Å². The quantitative estimate of drug-likeness (QED) is 0.807. The van der Waals surface area contributed by atoms with Crippen LogP contribution in [0.4, 0.5) is 0 Å². The number of hydrogen-bond donors (Lipinski definition) is 2. The molecule has 1 aliphatic carbocycles. The summed E-state index contributed by atoms with van der Waals surface area (Å²) in [6.45, 7) is 1.93. The monoisotopic (exact) mass is 337 g/mol. The molecule has 130 valence electrons. The Bertz CT molecular complexity index is 757. The van der Waals surface area contributed by atoms with Crippen molar-refractivity contribution in [2.45, 2.75) is 38.1 Å². The third-order valence-electron chi connectivity index (χ3n) is 4.88. The zero-order valence-electron chi connectivity index (χ0n) is 14.3. The predicted molar refractivity (Wildman–Crippen MR) is 96.2 cm³/mol. The summed E-state index contributed by atoms with van der Waals surface area (Å²) in [6, 6.07) is 17.3. The van der Waals surface area contributed by atoms with Crippen molar-refractivity contribution in [1.82, 2.24) is 5.32 Å². The Kier molecular flexibility index (Phi) is 5.17. The Morgan fingerprint density at radius 2 is 1.80 bits per heavy atom. The third-order valence-corrected chi connectivity index (χ3v) is 4.88. The van der Waals surface area contributed by atoms with Gasteiger partial charge in [-0.15, -0.1) is 0 Å². The number of hydrogen-bond acceptors (Lipinski definition) is 2. The molecule has 0 radical (unpaired) electrons. The van der Waals surface area contributed by atoms with Crippen LogP contribution in [0.3, 0.4) is 0 Å². The minimum absolute atomic E-state index is 0.0714. The van der Waals surface area contributed by atoms with E-state index in [2.05, 4.69) is 17.4 Å². The molecule has 2 N–H and O–H groups in total. The van der Waals surface area contributed by atoms with Crippen molar-refractivity contribution < 1.29 is 14.7 Å². The molecule has 4 nitrogen and oxygen atoms in total. The van der Waals surface area contributed by atoms with Gasteiger partial charge < -0.3 is 10.4 Å². The van der Waals surface area contributed by atoms with E-state index >= 15 is 0 Å². The minimum atomic E-state index is -0.915. The second kappa shape index (κ2) is 7.51. The molecule has 0 spiro atoms. The number of aliphatic carboxylic acids is 1. The average Bonchev–Trinajstić information content (AvgIpc) is 3.34. The Morgan fingerprint density at radius 1 is 1.12 bits per heavy atom. The minimum Gasteiger partial charge on any atom is -0.481 e. The van der Waals surface area contributed by atoms with E-state index in [1.54, 1.807) is 0 Å². The van der Waals surface area contributed by atoms with Crippen LogP contribution in [0.15, 0.2) is 54.6 Å². The summed E-state index contributed by atoms with van der Waals surface area (Å²) in [5, 5.41) is 12.1. The van der Waals surface area contributed by atoms with Gasteiger partial charge in [0.15, 0.2) is 0 Å². The average molecular weight is 337 g/mol. The first kappa shape index (κ1) is 17.2. The lowest BCUT2D eigenvalue weighted by molar-refractivity contribution is -0.137. The smallest absolute Gasteiger partial charge is 0.305 e. The number of amides is 1. The summed E-state index contributed by atoms with van der Waals surface area (Å²) in [5.74, 6) is -0.187. The summed E-state index contributed by atoms with van der Waals surface area (Å²) in [5.41, 5.74) is 3.14. The topological polar surface area (TPSA) is 66.4 Å². The number of rotatable bonds is 7. The van der Waals surface area contributed by atoms with E-state index in [-0.39, 0.29) is 12.3 Å². The molecule has 1 fully saturated rings. The summed E-state index contributed by atoms with van der Waals surface area (Å²) < 4.78 is 0. The molecule has 0 aromatic heterocycles. The number of carboxylic acids is 1. The van der Waals surface area contributed by atoms with E-state index in [1.165, 1.54) is 5.56 Å². The maximum atomic E-state index is 12.4. The Hall–Kier alpha value is -2.62. The Morgan fingerprint density at radius 3 is 2.48 bits per heavy atom. The van der Waals surface area contributed by atoms with E-state index in [9.17, 15) is 14.7 Å². The SMILES string of the molecule is Cc1ccccc1C(CC(=O)O)NC(=O)C[C@@H]1C[C@H]1c1ccccc1. The molecular formula is C21H23NO3. The fourth-order valence-electron chi connectivity index (χ4n) is 3.46. The van der Waals surface area contributed by atoms with Gasteiger partial charge in [-0.1, -0.05) is 54.6 Å². The molecule has 1 saturated carbocycles. The van der Waals surface area contributed by atoms with Crippen LogP contribution in [-0.4, -0.2) is 17.0 Å². The number of carboxylic acid groups (broad SMARTS) is 1. The van der Waals surface area contributed by atoms with Crippen molar-refractivity contribution in [3.05, 3.63) is 71.3 Å². The van der Waals surface area contributed by atoms with Gasteiger partial charge in [0.2, 0.25) is 5.91 Å². The van der Waals surface area contributed by atoms with Crippen molar-refractivity contribution in [2.75, 3.05) is 0 Å². The van der Waals surface area contributed by atoms with E-state index in [4.69, 9.17) is 0 Å². The van der Waals surface area contributed by atoms with Gasteiger partial charge in [0.05, 0.1) is 12.5 Å². The first-order chi connectivity index (χ1) is 12.0. The number of aryl methyl sites for hydroxylation is 1. The van der Waals surface area contributed by atoms with Crippen LogP contribution in [0.2, 0.25) is 0 Å². The zero-order chi connectivity index (χ0) is 17.8. The largest absolute Gasteiger partial charge is 0.481 e. The highest BCUT2D eigenvalue weighted by atomic mass is 16.4. The summed E-state index contributed by atoms with van der Waals surface area (Å²) in [4.78, 5) is 23.6. The normalized spacial score (nSPS) is 19.9. The number of nitrogens with one attached hydrogen (secondary N) is 1. The standard InChI is InChI=1S/C21H23NO3/c1-14-7-5-6-10-17(14)19(13-21(24)25)22-20(23)12-16-11-18(16)15-8-3-2-4-9-15/h2-10,16,18-19H,11-13H2,1H3,(H,22,23)(H,24,25)/t16-,18-,19?/m0/s1. The van der Waals surface area contributed by atoms with Gasteiger partial charge in [-0.2, -0.15) is 0 Å². The van der Waals surface area contributed by atoms with Gasteiger partial charge in [-0.05, 0) is 41.9 Å². The molecule has 1 amide bonds. The fourth-order valence-corrected chi connectivity index (χ4v) is 3.46. The molecule has 1 aliphatic rings. The third kappa shape index (κ3) is 4.47. The predicted octanol–water partition coefficient (Wildman–Crippen LogP) is 3.82. The molecule has 0 heterocycles. The van der Waals surface area contributed by atoms with Crippen LogP contribution in [0.1, 0.15) is 47.9 Å². The highest BCUT2D eigenvalue weighted by Gasteiger charge is 2.39. The molecule has 0 bridgehead atoms. The highest BCUT2D eigenvalue weighted by molar-refractivity contribution is 5.78. The van der Waals surface area contributed by atoms with Crippen LogP contribution in [0.25, 0.3) is 0 Å². The van der Waals surface area contributed by atoms with Crippen LogP contribution >= 0.6 is 0 Å². The van der Waals surface area contributed by atoms with Crippen molar-refractivity contribution in [3.63, 3.8) is 0 Å². The number of carbonyl (C=O) groups is 2. The molecular weight excluding hydrogens is 314 g/mol. The number of carbonyl (C=O) groups excluding carboxylic acids is 1. The van der Waals surface area contributed by atoms with E-state index < -0.39 is 12.0 Å². The summed E-state index contributed by atoms with van der Waals surface area (Å²) >= 11 is 0. The van der Waals surface area contributed by atoms with Gasteiger partial charge >= 0.3 is 5.97 Å². The number of benzene rings is 2. The first-order valence-corrected chi connectivity index (χ1v) is 8.66. The van der Waals surface area contributed by atoms with E-state index in [0.29, 0.717) is 18.3 Å². The lowest BCUT2D eigenvalue weighted by atomic mass is 9.98. The van der Waals surface area contributed by atoms with Crippen LogP contribution in [0, 0.1) is 12.8 Å². The highest BCUT2D eigenvalue weighted by Crippen LogP contribution is 2.49.